The van der Waals surface area contributed by atoms with Crippen molar-refractivity contribution in [3.05, 3.63) is 59.8 Å². The average molecular weight is 334 g/mol. The van der Waals surface area contributed by atoms with Crippen LogP contribution >= 0.6 is 0 Å². The minimum absolute atomic E-state index is 0.243. The van der Waals surface area contributed by atoms with Crippen molar-refractivity contribution in [3.63, 3.8) is 0 Å². The Hall–Kier alpha value is -2.84. The highest BCUT2D eigenvalue weighted by molar-refractivity contribution is 5.89. The molecule has 0 aliphatic heterocycles. The highest BCUT2D eigenvalue weighted by Gasteiger charge is 2.13. The fourth-order valence-corrected chi connectivity index (χ4v) is 2.78. The molecule has 1 atom stereocenters. The molecule has 0 fully saturated rings. The van der Waals surface area contributed by atoms with E-state index >= 15 is 0 Å². The summed E-state index contributed by atoms with van der Waals surface area (Å²) in [7, 11) is 0. The van der Waals surface area contributed by atoms with Gasteiger partial charge in [-0.25, -0.2) is 9.37 Å². The molecular formula is C20H19FN4. The Bertz CT molecular complexity index is 932. The average Bonchev–Trinajstić information content (AvgIpc) is 2.66. The van der Waals surface area contributed by atoms with Crippen LogP contribution in [0, 0.1) is 23.1 Å². The zero-order valence-corrected chi connectivity index (χ0v) is 14.0. The Morgan fingerprint density at radius 1 is 1.20 bits per heavy atom. The number of nitrogens with two attached hydrogens (primary N) is 1. The van der Waals surface area contributed by atoms with Gasteiger partial charge in [-0.05, 0) is 66.8 Å². The van der Waals surface area contributed by atoms with E-state index < -0.39 is 5.82 Å². The topological polar surface area (TPSA) is 75.6 Å². The first-order valence-corrected chi connectivity index (χ1v) is 8.26. The SMILES string of the molecule is CC(CN)CCc1cc(C#N)c2cc(-c3ccncc3)cc(F)c2n1. The zero-order valence-electron chi connectivity index (χ0n) is 14.0. The first-order chi connectivity index (χ1) is 12.1. The summed E-state index contributed by atoms with van der Waals surface area (Å²) in [6, 6.07) is 10.8. The number of hydrogen-bond acceptors (Lipinski definition) is 4. The summed E-state index contributed by atoms with van der Waals surface area (Å²) in [5.41, 5.74) is 8.60. The first kappa shape index (κ1) is 17.0. The first-order valence-electron chi connectivity index (χ1n) is 8.26. The third-order valence-corrected chi connectivity index (χ3v) is 4.35. The number of hydrogen-bond donors (Lipinski definition) is 1. The van der Waals surface area contributed by atoms with Crippen molar-refractivity contribution in [2.45, 2.75) is 19.8 Å². The summed E-state index contributed by atoms with van der Waals surface area (Å²) in [5, 5.41) is 10.0. The predicted octanol–water partition coefficient (Wildman–Crippen LogP) is 3.83. The third kappa shape index (κ3) is 3.65. The minimum atomic E-state index is -0.422. The van der Waals surface area contributed by atoms with Crippen LogP contribution in [0.3, 0.4) is 0 Å². The second-order valence-corrected chi connectivity index (χ2v) is 6.24. The summed E-state index contributed by atoms with van der Waals surface area (Å²) in [5.74, 6) is -0.0588. The van der Waals surface area contributed by atoms with Gasteiger partial charge in [-0.15, -0.1) is 0 Å². The second kappa shape index (κ2) is 7.37. The molecule has 4 nitrogen and oxygen atoms in total. The standard InChI is InChI=1S/C20H19FN4/c1-13(11-22)2-3-17-8-16(12-23)18-9-15(10-19(21)20(18)25-17)14-4-6-24-7-5-14/h4-10,13H,2-3,11,22H2,1H3. The maximum Gasteiger partial charge on any atom is 0.150 e. The van der Waals surface area contributed by atoms with Crippen LogP contribution < -0.4 is 5.73 Å². The molecule has 0 radical (unpaired) electrons. The lowest BCUT2D eigenvalue weighted by atomic mass is 9.99. The van der Waals surface area contributed by atoms with Crippen molar-refractivity contribution >= 4 is 10.9 Å². The number of nitrogens with zero attached hydrogens (tertiary/aromatic N) is 3. The molecule has 0 aliphatic carbocycles. The van der Waals surface area contributed by atoms with Gasteiger partial charge in [-0.2, -0.15) is 5.26 Å². The van der Waals surface area contributed by atoms with E-state index in [0.29, 0.717) is 35.4 Å². The van der Waals surface area contributed by atoms with E-state index in [-0.39, 0.29) is 5.52 Å². The molecule has 1 aromatic carbocycles. The predicted molar refractivity (Wildman–Crippen MR) is 96.2 cm³/mol. The van der Waals surface area contributed by atoms with Crippen molar-refractivity contribution in [3.8, 4) is 17.2 Å². The molecule has 0 bridgehead atoms. The molecule has 3 aromatic rings. The van der Waals surface area contributed by atoms with Crippen molar-refractivity contribution in [2.75, 3.05) is 6.54 Å². The number of aromatic nitrogens is 2. The van der Waals surface area contributed by atoms with Gasteiger partial charge in [0.05, 0.1) is 11.6 Å². The molecule has 5 heteroatoms. The summed E-state index contributed by atoms with van der Waals surface area (Å²) in [6.45, 7) is 2.66. The van der Waals surface area contributed by atoms with Gasteiger partial charge in [0.2, 0.25) is 0 Å². The van der Waals surface area contributed by atoms with Crippen LogP contribution in [0.25, 0.3) is 22.0 Å². The maximum absolute atomic E-state index is 14.7. The van der Waals surface area contributed by atoms with Gasteiger partial charge in [0, 0.05) is 23.5 Å². The number of fused-ring (bicyclic) bond motifs is 1. The van der Waals surface area contributed by atoms with E-state index in [1.54, 1.807) is 18.5 Å². The van der Waals surface area contributed by atoms with Crippen LogP contribution in [0.2, 0.25) is 0 Å². The smallest absolute Gasteiger partial charge is 0.150 e. The molecule has 0 amide bonds. The summed E-state index contributed by atoms with van der Waals surface area (Å²) < 4.78 is 14.7. The molecule has 2 aromatic heterocycles. The van der Waals surface area contributed by atoms with Gasteiger partial charge in [0.25, 0.3) is 0 Å². The van der Waals surface area contributed by atoms with Gasteiger partial charge >= 0.3 is 0 Å². The van der Waals surface area contributed by atoms with Gasteiger partial charge in [0.15, 0.2) is 0 Å². The van der Waals surface area contributed by atoms with E-state index in [2.05, 4.69) is 23.0 Å². The van der Waals surface area contributed by atoms with E-state index in [4.69, 9.17) is 5.73 Å². The van der Waals surface area contributed by atoms with Crippen molar-refractivity contribution < 1.29 is 4.39 Å². The lowest BCUT2D eigenvalue weighted by Gasteiger charge is -2.11. The Morgan fingerprint density at radius 3 is 2.64 bits per heavy atom. The fraction of sp³-hybridized carbons (Fsp3) is 0.250. The number of aryl methyl sites for hydroxylation is 1. The fourth-order valence-electron chi connectivity index (χ4n) is 2.78. The molecule has 2 N–H and O–H groups in total. The summed E-state index contributed by atoms with van der Waals surface area (Å²) >= 11 is 0. The molecule has 126 valence electrons. The molecule has 1 unspecified atom stereocenters. The number of pyridine rings is 2. The summed E-state index contributed by atoms with van der Waals surface area (Å²) in [4.78, 5) is 8.42. The van der Waals surface area contributed by atoms with Crippen LogP contribution in [0.15, 0.2) is 42.7 Å². The lowest BCUT2D eigenvalue weighted by molar-refractivity contribution is 0.541. The van der Waals surface area contributed by atoms with Crippen LogP contribution in [0.5, 0.6) is 0 Å². The molecule has 0 saturated carbocycles. The van der Waals surface area contributed by atoms with E-state index in [0.717, 1.165) is 17.7 Å². The zero-order chi connectivity index (χ0) is 17.8. The van der Waals surface area contributed by atoms with Gasteiger partial charge in [-0.3, -0.25) is 4.98 Å². The van der Waals surface area contributed by atoms with Crippen molar-refractivity contribution in [1.29, 1.82) is 5.26 Å². The highest BCUT2D eigenvalue weighted by Crippen LogP contribution is 2.28. The van der Waals surface area contributed by atoms with Crippen LogP contribution in [0.4, 0.5) is 4.39 Å². The number of nitriles is 1. The van der Waals surface area contributed by atoms with Gasteiger partial charge < -0.3 is 5.73 Å². The van der Waals surface area contributed by atoms with Crippen LogP contribution in [-0.4, -0.2) is 16.5 Å². The molecule has 0 aliphatic rings. The maximum atomic E-state index is 14.7. The number of benzene rings is 1. The van der Waals surface area contributed by atoms with Crippen molar-refractivity contribution in [1.82, 2.24) is 9.97 Å². The molecule has 0 saturated heterocycles. The molecule has 3 rings (SSSR count). The lowest BCUT2D eigenvalue weighted by Crippen LogP contribution is -2.11. The number of rotatable bonds is 5. The highest BCUT2D eigenvalue weighted by atomic mass is 19.1. The Labute approximate surface area is 146 Å². The Balaban J connectivity index is 2.08. The van der Waals surface area contributed by atoms with Gasteiger partial charge in [0.1, 0.15) is 11.3 Å². The molecule has 25 heavy (non-hydrogen) atoms. The third-order valence-electron chi connectivity index (χ3n) is 4.35. The molecule has 0 spiro atoms. The largest absolute Gasteiger partial charge is 0.330 e. The van der Waals surface area contributed by atoms with Crippen molar-refractivity contribution in [2.24, 2.45) is 11.7 Å². The van der Waals surface area contributed by atoms with E-state index in [9.17, 15) is 9.65 Å². The normalized spacial score (nSPS) is 12.1. The number of halogens is 1. The summed E-state index contributed by atoms with van der Waals surface area (Å²) in [6.07, 6.45) is 4.84. The van der Waals surface area contributed by atoms with Crippen LogP contribution in [-0.2, 0) is 6.42 Å². The Morgan fingerprint density at radius 2 is 1.96 bits per heavy atom. The molecule has 2 heterocycles. The van der Waals surface area contributed by atoms with Crippen LogP contribution in [0.1, 0.15) is 24.6 Å². The monoisotopic (exact) mass is 334 g/mol. The van der Waals surface area contributed by atoms with E-state index in [1.807, 2.05) is 18.2 Å². The second-order valence-electron chi connectivity index (χ2n) is 6.24. The quantitative estimate of drug-likeness (QED) is 0.769. The Kier molecular flexibility index (Phi) is 5.01. The minimum Gasteiger partial charge on any atom is -0.330 e. The van der Waals surface area contributed by atoms with E-state index in [1.165, 1.54) is 6.07 Å². The van der Waals surface area contributed by atoms with Gasteiger partial charge in [-0.1, -0.05) is 6.92 Å². The molecular weight excluding hydrogens is 315 g/mol.